The molecule has 1 heterocycles. The maximum absolute atomic E-state index is 11.8. The quantitative estimate of drug-likeness (QED) is 0.717. The van der Waals surface area contributed by atoms with E-state index >= 15 is 0 Å². The van der Waals surface area contributed by atoms with Crippen LogP contribution in [0.1, 0.15) is 13.3 Å². The van der Waals surface area contributed by atoms with E-state index in [0.717, 1.165) is 19.5 Å². The topological polar surface area (TPSA) is 49.6 Å². The third kappa shape index (κ3) is 3.47. The summed E-state index contributed by atoms with van der Waals surface area (Å²) in [5.74, 6) is 1.36. The van der Waals surface area contributed by atoms with E-state index in [4.69, 9.17) is 5.73 Å². The molecule has 88 valence electrons. The average Bonchev–Trinajstić information content (AvgIpc) is 2.17. The fraction of sp³-hybridized carbons (Fsp3) is 0.909. The van der Waals surface area contributed by atoms with Crippen molar-refractivity contribution >= 4 is 5.91 Å². The van der Waals surface area contributed by atoms with E-state index in [-0.39, 0.29) is 5.91 Å². The van der Waals surface area contributed by atoms with Gasteiger partial charge in [0, 0.05) is 13.1 Å². The Hall–Kier alpha value is -0.610. The smallest absolute Gasteiger partial charge is 0.236 e. The zero-order valence-electron chi connectivity index (χ0n) is 10.1. The lowest BCUT2D eigenvalue weighted by Gasteiger charge is -2.37. The standard InChI is InChI=1S/C11H23N3O/c1-9-4-5-14(7-10(9)6-12)11(15)8-13(2)3/h9-10H,4-8,12H2,1-3H3. The van der Waals surface area contributed by atoms with Gasteiger partial charge < -0.3 is 15.5 Å². The van der Waals surface area contributed by atoms with Crippen LogP contribution in [0.5, 0.6) is 0 Å². The number of nitrogens with two attached hydrogens (primary N) is 1. The molecule has 1 aliphatic rings. The highest BCUT2D eigenvalue weighted by molar-refractivity contribution is 5.78. The van der Waals surface area contributed by atoms with Crippen molar-refractivity contribution in [3.05, 3.63) is 0 Å². The summed E-state index contributed by atoms with van der Waals surface area (Å²) in [6, 6.07) is 0. The van der Waals surface area contributed by atoms with Crippen LogP contribution in [0.25, 0.3) is 0 Å². The molecule has 4 nitrogen and oxygen atoms in total. The third-order valence-corrected chi connectivity index (χ3v) is 3.22. The van der Waals surface area contributed by atoms with Gasteiger partial charge in [-0.05, 0) is 38.9 Å². The molecule has 0 spiro atoms. The maximum Gasteiger partial charge on any atom is 0.236 e. The summed E-state index contributed by atoms with van der Waals surface area (Å²) in [7, 11) is 3.84. The zero-order chi connectivity index (χ0) is 11.4. The first-order valence-electron chi connectivity index (χ1n) is 5.67. The van der Waals surface area contributed by atoms with Crippen LogP contribution >= 0.6 is 0 Å². The Balaban J connectivity index is 2.47. The van der Waals surface area contributed by atoms with E-state index in [1.165, 1.54) is 0 Å². The van der Waals surface area contributed by atoms with Crippen molar-refractivity contribution in [2.24, 2.45) is 17.6 Å². The number of likely N-dealkylation sites (N-methyl/N-ethyl adjacent to an activating group) is 1. The van der Waals surface area contributed by atoms with Crippen molar-refractivity contribution in [2.45, 2.75) is 13.3 Å². The molecule has 1 aliphatic heterocycles. The first-order chi connectivity index (χ1) is 7.04. The molecular formula is C11H23N3O. The number of piperidine rings is 1. The molecule has 1 saturated heterocycles. The predicted molar refractivity (Wildman–Crippen MR) is 61.5 cm³/mol. The summed E-state index contributed by atoms with van der Waals surface area (Å²) >= 11 is 0. The predicted octanol–water partition coefficient (Wildman–Crippen LogP) is -0.00870. The summed E-state index contributed by atoms with van der Waals surface area (Å²) < 4.78 is 0. The summed E-state index contributed by atoms with van der Waals surface area (Å²) in [5, 5.41) is 0. The Kier molecular flexibility index (Phi) is 4.54. The Labute approximate surface area is 92.4 Å². The van der Waals surface area contributed by atoms with Gasteiger partial charge in [0.1, 0.15) is 0 Å². The number of rotatable bonds is 3. The second kappa shape index (κ2) is 5.47. The van der Waals surface area contributed by atoms with Crippen LogP contribution in [0.15, 0.2) is 0 Å². The van der Waals surface area contributed by atoms with Crippen molar-refractivity contribution in [1.82, 2.24) is 9.80 Å². The van der Waals surface area contributed by atoms with Gasteiger partial charge >= 0.3 is 0 Å². The molecule has 15 heavy (non-hydrogen) atoms. The van der Waals surface area contributed by atoms with Crippen LogP contribution in [0.3, 0.4) is 0 Å². The SMILES string of the molecule is CC1CCN(C(=O)CN(C)C)CC1CN. The third-order valence-electron chi connectivity index (χ3n) is 3.22. The van der Waals surface area contributed by atoms with Crippen molar-refractivity contribution in [2.75, 3.05) is 40.3 Å². The molecule has 0 radical (unpaired) electrons. The van der Waals surface area contributed by atoms with Crippen LogP contribution in [0.4, 0.5) is 0 Å². The van der Waals surface area contributed by atoms with Gasteiger partial charge in [0.05, 0.1) is 6.54 Å². The van der Waals surface area contributed by atoms with E-state index in [2.05, 4.69) is 6.92 Å². The number of hydrogen-bond acceptors (Lipinski definition) is 3. The normalized spacial score (nSPS) is 27.1. The molecule has 4 heteroatoms. The number of hydrogen-bond donors (Lipinski definition) is 1. The van der Waals surface area contributed by atoms with Crippen LogP contribution in [-0.4, -0.2) is 56.0 Å². The van der Waals surface area contributed by atoms with Crippen molar-refractivity contribution in [3.8, 4) is 0 Å². The lowest BCUT2D eigenvalue weighted by molar-refractivity contribution is -0.134. The monoisotopic (exact) mass is 213 g/mol. The average molecular weight is 213 g/mol. The minimum absolute atomic E-state index is 0.227. The van der Waals surface area contributed by atoms with Crippen molar-refractivity contribution < 1.29 is 4.79 Å². The minimum atomic E-state index is 0.227. The molecular weight excluding hydrogens is 190 g/mol. The minimum Gasteiger partial charge on any atom is -0.341 e. The van der Waals surface area contributed by atoms with Crippen LogP contribution in [0, 0.1) is 11.8 Å². The second-order valence-electron chi connectivity index (χ2n) is 4.84. The molecule has 0 saturated carbocycles. The Bertz CT molecular complexity index is 218. The number of nitrogens with zero attached hydrogens (tertiary/aromatic N) is 2. The summed E-state index contributed by atoms with van der Waals surface area (Å²) in [5.41, 5.74) is 5.71. The number of likely N-dealkylation sites (tertiary alicyclic amines) is 1. The van der Waals surface area contributed by atoms with E-state index in [9.17, 15) is 4.79 Å². The Morgan fingerprint density at radius 1 is 1.53 bits per heavy atom. The molecule has 0 aromatic carbocycles. The van der Waals surface area contributed by atoms with Crippen LogP contribution < -0.4 is 5.73 Å². The Morgan fingerprint density at radius 3 is 2.73 bits per heavy atom. The molecule has 0 aromatic heterocycles. The number of carbonyl (C=O) groups is 1. The van der Waals surface area contributed by atoms with Gasteiger partial charge in [-0.3, -0.25) is 4.79 Å². The molecule has 1 amide bonds. The van der Waals surface area contributed by atoms with E-state index in [1.54, 1.807) is 0 Å². The highest BCUT2D eigenvalue weighted by Gasteiger charge is 2.27. The zero-order valence-corrected chi connectivity index (χ0v) is 10.1. The molecule has 2 atom stereocenters. The van der Waals surface area contributed by atoms with Gasteiger partial charge in [0.25, 0.3) is 0 Å². The van der Waals surface area contributed by atoms with E-state index < -0.39 is 0 Å². The molecule has 2 unspecified atom stereocenters. The molecule has 1 fully saturated rings. The second-order valence-corrected chi connectivity index (χ2v) is 4.84. The highest BCUT2D eigenvalue weighted by atomic mass is 16.2. The van der Waals surface area contributed by atoms with Gasteiger partial charge in [0.15, 0.2) is 0 Å². The van der Waals surface area contributed by atoms with Crippen molar-refractivity contribution in [3.63, 3.8) is 0 Å². The van der Waals surface area contributed by atoms with Crippen LogP contribution in [0.2, 0.25) is 0 Å². The first kappa shape index (κ1) is 12.5. The van der Waals surface area contributed by atoms with Crippen LogP contribution in [-0.2, 0) is 4.79 Å². The number of amides is 1. The van der Waals surface area contributed by atoms with Gasteiger partial charge in [-0.1, -0.05) is 6.92 Å². The first-order valence-corrected chi connectivity index (χ1v) is 5.67. The van der Waals surface area contributed by atoms with Gasteiger partial charge in [-0.2, -0.15) is 0 Å². The Morgan fingerprint density at radius 2 is 2.20 bits per heavy atom. The summed E-state index contributed by atoms with van der Waals surface area (Å²) in [6.45, 7) is 5.15. The molecule has 2 N–H and O–H groups in total. The lowest BCUT2D eigenvalue weighted by Crippen LogP contribution is -2.47. The number of carbonyl (C=O) groups excluding carboxylic acids is 1. The van der Waals surface area contributed by atoms with Crippen molar-refractivity contribution in [1.29, 1.82) is 0 Å². The van der Waals surface area contributed by atoms with Gasteiger partial charge in [-0.25, -0.2) is 0 Å². The molecule has 0 aliphatic carbocycles. The van der Waals surface area contributed by atoms with Gasteiger partial charge in [-0.15, -0.1) is 0 Å². The largest absolute Gasteiger partial charge is 0.341 e. The fourth-order valence-corrected chi connectivity index (χ4v) is 2.05. The molecule has 1 rings (SSSR count). The molecule has 0 aromatic rings. The van der Waals surface area contributed by atoms with E-state index in [1.807, 2.05) is 23.9 Å². The van der Waals surface area contributed by atoms with Gasteiger partial charge in [0.2, 0.25) is 5.91 Å². The summed E-state index contributed by atoms with van der Waals surface area (Å²) in [6.07, 6.45) is 1.08. The molecule has 0 bridgehead atoms. The lowest BCUT2D eigenvalue weighted by atomic mass is 9.87. The summed E-state index contributed by atoms with van der Waals surface area (Å²) in [4.78, 5) is 15.7. The fourth-order valence-electron chi connectivity index (χ4n) is 2.05. The van der Waals surface area contributed by atoms with E-state index in [0.29, 0.717) is 24.9 Å². The maximum atomic E-state index is 11.8. The highest BCUT2D eigenvalue weighted by Crippen LogP contribution is 2.22.